The number of hydrogen-bond acceptors (Lipinski definition) is 2. The molecular formula is C124H172O2Si2. The molecule has 0 fully saturated rings. The van der Waals surface area contributed by atoms with Crippen LogP contribution in [0.15, 0.2) is 109 Å². The summed E-state index contributed by atoms with van der Waals surface area (Å²) in [6, 6.07) is 97.6. The van der Waals surface area contributed by atoms with Crippen molar-refractivity contribution in [2.75, 3.05) is 13.2 Å². The summed E-state index contributed by atoms with van der Waals surface area (Å²) in [5.41, 5.74) is 7.42. The fraction of sp³-hybridized carbons (Fsp3) is 0.581. The fourth-order valence-electron chi connectivity index (χ4n) is 16.8. The standard InChI is InChI=1S/C124H172O2Si2/c1-15-19-23-27-31-35-39-43-47-51-55-59-67-105-87-109-71-63-64-72-110-88-106(68-60-56-52-48-44-40-36-32-28-24-20-16-2)92-114(96-110)77-81-119-100-120(104-122(103-119)84-86-126-128(13,14)124(8,9)10)82-78-116-94-108(70-62-58-54-50-46-42-38-34-30-26-22-18-4)90-112(98-116)74-66-65-73-111-89-107(69-61-57-53-49-45-41-37-33-29-25-21-17-3)93-115(97-111)76-80-118-99-117(79-75-113(91-105)95-109)101-121(102-118)83-85-125-127(11,12)123(5,6)7/h87-104H,15-62,67-70,83-86H2,1-14H3. The van der Waals surface area contributed by atoms with Crippen LogP contribution >= 0.6 is 0 Å². The summed E-state index contributed by atoms with van der Waals surface area (Å²) in [5, 5.41) is 11.5. The third-order valence-corrected chi connectivity index (χ3v) is 36.0. The second kappa shape index (κ2) is 63.3. The van der Waals surface area contributed by atoms with E-state index in [2.05, 4.69) is 302 Å². The van der Waals surface area contributed by atoms with Crippen LogP contribution in [-0.4, -0.2) is 29.8 Å². The van der Waals surface area contributed by atoms with Gasteiger partial charge in [-0.05, 0) is 267 Å². The van der Waals surface area contributed by atoms with Gasteiger partial charge in [0.05, 0.1) is 0 Å². The molecule has 128 heavy (non-hydrogen) atoms. The van der Waals surface area contributed by atoms with Crippen LogP contribution in [0, 0.1) is 97.1 Å². The highest BCUT2D eigenvalue weighted by Gasteiger charge is 2.38. The third-order valence-electron chi connectivity index (χ3n) is 26.9. The Kier molecular flexibility index (Phi) is 53.0. The second-order valence-corrected chi connectivity index (χ2v) is 50.4. The van der Waals surface area contributed by atoms with Crippen molar-refractivity contribution in [1.29, 1.82) is 0 Å². The molecule has 0 N–H and O–H groups in total. The molecule has 0 aliphatic carbocycles. The van der Waals surface area contributed by atoms with Crippen LogP contribution in [0.3, 0.4) is 0 Å². The number of unbranched alkanes of at least 4 members (excludes halogenated alkanes) is 44. The van der Waals surface area contributed by atoms with Crippen molar-refractivity contribution >= 4 is 81.3 Å². The third kappa shape index (κ3) is 46.8. The van der Waals surface area contributed by atoms with Crippen molar-refractivity contribution in [3.8, 4) is 0 Å². The van der Waals surface area contributed by atoms with E-state index in [0.717, 1.165) is 129 Å². The highest BCUT2D eigenvalue weighted by Crippen LogP contribution is 2.38. The second-order valence-electron chi connectivity index (χ2n) is 40.8. The van der Waals surface area contributed by atoms with Crippen LogP contribution < -0.4 is 0 Å². The van der Waals surface area contributed by atoms with Gasteiger partial charge in [0.1, 0.15) is 0 Å². The van der Waals surface area contributed by atoms with E-state index in [0.29, 0.717) is 13.2 Å². The molecular weight excluding hydrogens is 1580 g/mol. The molecule has 688 valence electrons. The zero-order valence-electron chi connectivity index (χ0n) is 83.8. The van der Waals surface area contributed by atoms with E-state index in [-0.39, 0.29) is 10.1 Å². The van der Waals surface area contributed by atoms with Gasteiger partial charge in [0.25, 0.3) is 0 Å². The lowest BCUT2D eigenvalue weighted by Crippen LogP contribution is -2.41. The first kappa shape index (κ1) is 107. The molecule has 0 spiro atoms. The summed E-state index contributed by atoms with van der Waals surface area (Å²) in [7, 11) is -4.02. The highest BCUT2D eigenvalue weighted by atomic mass is 28.4. The van der Waals surface area contributed by atoms with Crippen molar-refractivity contribution in [2.45, 2.75) is 452 Å². The van der Waals surface area contributed by atoms with Crippen molar-refractivity contribution in [2.24, 2.45) is 0 Å². The maximum Gasteiger partial charge on any atom is 0.191 e. The molecule has 2 nitrogen and oxygen atoms in total. The molecule has 0 aromatic heterocycles. The largest absolute Gasteiger partial charge is 0.416 e. The molecule has 0 radical (unpaired) electrons. The maximum atomic E-state index is 6.86. The smallest absolute Gasteiger partial charge is 0.191 e. The van der Waals surface area contributed by atoms with Crippen LogP contribution in [0.25, 0.3) is 64.6 Å². The lowest BCUT2D eigenvalue weighted by atomic mass is 10.0. The fourth-order valence-corrected chi connectivity index (χ4v) is 18.9. The van der Waals surface area contributed by atoms with Crippen LogP contribution in [0.1, 0.15) is 411 Å². The minimum absolute atomic E-state index is 0.103. The van der Waals surface area contributed by atoms with Gasteiger partial charge in [-0.3, -0.25) is 0 Å². The Hall–Kier alpha value is -7.85. The molecule has 7 aromatic carbocycles. The summed E-state index contributed by atoms with van der Waals surface area (Å²) < 4.78 is 13.7. The van der Waals surface area contributed by atoms with Gasteiger partial charge in [0.15, 0.2) is 16.6 Å². The number of hydrogen-bond donors (Lipinski definition) is 0. The molecule has 0 atom stereocenters. The molecule has 4 heteroatoms. The highest BCUT2D eigenvalue weighted by molar-refractivity contribution is 6.74. The average Bonchev–Trinajstić information content (AvgIpc) is 0.839. The normalized spacial score (nSPS) is 11.4. The van der Waals surface area contributed by atoms with Gasteiger partial charge in [0.2, 0.25) is 0 Å². The van der Waals surface area contributed by atoms with E-state index in [4.69, 9.17) is 8.85 Å². The van der Waals surface area contributed by atoms with E-state index in [9.17, 15) is 0 Å². The van der Waals surface area contributed by atoms with E-state index >= 15 is 0 Å². The van der Waals surface area contributed by atoms with Crippen LogP contribution in [0.5, 0.6) is 0 Å². The van der Waals surface area contributed by atoms with E-state index < -0.39 is 16.6 Å². The zero-order chi connectivity index (χ0) is 91.4. The van der Waals surface area contributed by atoms with Gasteiger partial charge in [-0.2, -0.15) is 0 Å². The minimum atomic E-state index is -2.01. The Balaban J connectivity index is 1.39. The van der Waals surface area contributed by atoms with E-state index in [1.165, 1.54) is 316 Å². The molecule has 12 bridgehead atoms. The molecule has 0 saturated carbocycles. The molecule has 7 rings (SSSR count). The van der Waals surface area contributed by atoms with Crippen molar-refractivity contribution in [1.82, 2.24) is 0 Å². The van der Waals surface area contributed by atoms with Crippen molar-refractivity contribution < 1.29 is 8.85 Å². The summed E-state index contributed by atoms with van der Waals surface area (Å²) >= 11 is 0. The van der Waals surface area contributed by atoms with Gasteiger partial charge in [-0.25, -0.2) is 0 Å². The van der Waals surface area contributed by atoms with Gasteiger partial charge in [0, 0.05) is 77.8 Å². The van der Waals surface area contributed by atoms with Gasteiger partial charge >= 0.3 is 0 Å². The molecule has 0 aliphatic heterocycles. The van der Waals surface area contributed by atoms with Gasteiger partial charge in [-0.1, -0.05) is 425 Å². The van der Waals surface area contributed by atoms with E-state index in [1.807, 2.05) is 0 Å². The Morgan fingerprint density at radius 1 is 0.180 bits per heavy atom. The lowest BCUT2D eigenvalue weighted by molar-refractivity contribution is 0.292. The lowest BCUT2D eigenvalue weighted by Gasteiger charge is -2.36. The first-order valence-corrected chi connectivity index (χ1v) is 58.1. The molecule has 7 aromatic rings. The zero-order valence-corrected chi connectivity index (χ0v) is 85.8. The Labute approximate surface area is 789 Å². The quantitative estimate of drug-likeness (QED) is 0.0279. The number of aryl methyl sites for hydroxylation is 4. The number of rotatable bonds is 60. The van der Waals surface area contributed by atoms with Crippen molar-refractivity contribution in [3.63, 3.8) is 0 Å². The Bertz CT molecular complexity index is 4070. The minimum Gasteiger partial charge on any atom is -0.416 e. The topological polar surface area (TPSA) is 18.5 Å². The Morgan fingerprint density at radius 3 is 0.461 bits per heavy atom. The SMILES string of the molecule is CCCCCCCCCCCCCCc1cc2c#cc#cc3cc(CCCCCCCCCCCCCC)cc(c#cc4cc(CCO[Si](C)(C)C(C)(C)C)cc(c#cc5cc(CCCCCCCCCCCCCC)cc(c#cc#cc6cc(CCCCCCCCCCCCCC)cc(c#cc7cc(CCO[Si](C)(C)C(C)(C)C)cc(c#cc(c1)c2)c7)c6)c5)c4)c3. The molecule has 0 unspecified atom stereocenters. The summed E-state index contributed by atoms with van der Waals surface area (Å²) in [6.07, 6.45) is 68.8. The molecule has 0 amide bonds. The van der Waals surface area contributed by atoms with Crippen LogP contribution in [-0.2, 0) is 47.4 Å². The predicted octanol–water partition coefficient (Wildman–Crippen LogP) is 37.7. The monoisotopic (exact) mass is 1750 g/mol. The molecule has 0 heterocycles. The number of benzene rings is 6. The van der Waals surface area contributed by atoms with Gasteiger partial charge in [-0.15, -0.1) is 0 Å². The Morgan fingerprint density at radius 2 is 0.312 bits per heavy atom. The number of fused-ring (bicyclic) bond motifs is 12. The van der Waals surface area contributed by atoms with Crippen LogP contribution in [0.4, 0.5) is 0 Å². The van der Waals surface area contributed by atoms with E-state index in [1.54, 1.807) is 0 Å². The summed E-state index contributed by atoms with van der Waals surface area (Å²) in [4.78, 5) is 0. The summed E-state index contributed by atoms with van der Waals surface area (Å²) in [5.74, 6) is 0. The summed E-state index contributed by atoms with van der Waals surface area (Å²) in [6.45, 7) is 33.8. The maximum absolute atomic E-state index is 6.86. The molecule has 0 aliphatic rings. The first-order chi connectivity index (χ1) is 62.1. The predicted molar refractivity (Wildman–Crippen MR) is 563 cm³/mol. The van der Waals surface area contributed by atoms with Crippen molar-refractivity contribution in [3.05, 3.63) is 240 Å². The first-order valence-electron chi connectivity index (χ1n) is 52.3. The average molecular weight is 1750 g/mol. The van der Waals surface area contributed by atoms with Gasteiger partial charge < -0.3 is 8.85 Å². The molecule has 0 saturated heterocycles. The van der Waals surface area contributed by atoms with Crippen LogP contribution in [0.2, 0.25) is 36.3 Å².